The number of nitrogens with zero attached hydrogens (tertiary/aromatic N) is 2. The number of amides is 1. The molecule has 2 N–H and O–H groups in total. The largest absolute Gasteiger partial charge is 0.492 e. The lowest BCUT2D eigenvalue weighted by Crippen LogP contribution is -2.42. The van der Waals surface area contributed by atoms with E-state index in [1.165, 1.54) is 6.42 Å². The number of carbonyl (C=O) groups is 1. The summed E-state index contributed by atoms with van der Waals surface area (Å²) >= 11 is 0. The van der Waals surface area contributed by atoms with Crippen molar-refractivity contribution in [2.75, 3.05) is 38.6 Å². The van der Waals surface area contributed by atoms with Gasteiger partial charge in [0.25, 0.3) is 0 Å². The first kappa shape index (κ1) is 17.6. The van der Waals surface area contributed by atoms with Crippen LogP contribution in [0, 0.1) is 5.41 Å². The summed E-state index contributed by atoms with van der Waals surface area (Å²) in [5.74, 6) is 1.87. The van der Waals surface area contributed by atoms with Crippen LogP contribution < -0.4 is 15.4 Å². The van der Waals surface area contributed by atoms with E-state index in [2.05, 4.69) is 34.4 Å². The highest BCUT2D eigenvalue weighted by Crippen LogP contribution is 2.29. The lowest BCUT2D eigenvalue weighted by atomic mass is 9.93. The Balaban J connectivity index is 1.46. The number of hydrogen-bond donors (Lipinski definition) is 2. The molecule has 0 aromatic heterocycles. The van der Waals surface area contributed by atoms with Crippen LogP contribution in [0.4, 0.5) is 5.69 Å². The molecule has 0 saturated carbocycles. The van der Waals surface area contributed by atoms with Crippen molar-refractivity contribution in [3.63, 3.8) is 0 Å². The van der Waals surface area contributed by atoms with Crippen LogP contribution in [0.2, 0.25) is 0 Å². The molecule has 0 bridgehead atoms. The minimum absolute atomic E-state index is 0.0850. The maximum absolute atomic E-state index is 11.4. The second-order valence-electron chi connectivity index (χ2n) is 7.53. The van der Waals surface area contributed by atoms with Gasteiger partial charge in [0.2, 0.25) is 5.91 Å². The van der Waals surface area contributed by atoms with Crippen LogP contribution in [-0.4, -0.2) is 50.1 Å². The van der Waals surface area contributed by atoms with E-state index < -0.39 is 0 Å². The van der Waals surface area contributed by atoms with Crippen molar-refractivity contribution in [3.05, 3.63) is 23.8 Å². The summed E-state index contributed by atoms with van der Waals surface area (Å²) in [6, 6.07) is 5.84. The van der Waals surface area contributed by atoms with E-state index in [4.69, 9.17) is 4.74 Å². The summed E-state index contributed by atoms with van der Waals surface area (Å²) in [5.41, 5.74) is 2.39. The summed E-state index contributed by atoms with van der Waals surface area (Å²) < 4.78 is 5.85. The van der Waals surface area contributed by atoms with E-state index in [1.807, 2.05) is 25.2 Å². The summed E-state index contributed by atoms with van der Waals surface area (Å²) in [7, 11) is 1.83. The number of anilines is 1. The van der Waals surface area contributed by atoms with Crippen LogP contribution in [0.5, 0.6) is 5.75 Å². The Kier molecular flexibility index (Phi) is 5.16. The molecule has 1 amide bonds. The second kappa shape index (κ2) is 7.33. The average molecular weight is 344 g/mol. The first-order chi connectivity index (χ1) is 12.0. The molecule has 6 nitrogen and oxygen atoms in total. The van der Waals surface area contributed by atoms with E-state index in [1.54, 1.807) is 0 Å². The number of ether oxygens (including phenoxy) is 1. The van der Waals surface area contributed by atoms with Crippen LogP contribution in [0.15, 0.2) is 23.2 Å². The van der Waals surface area contributed by atoms with Crippen LogP contribution in [0.25, 0.3) is 0 Å². The molecule has 1 saturated heterocycles. The minimum Gasteiger partial charge on any atom is -0.492 e. The molecule has 2 aliphatic heterocycles. The van der Waals surface area contributed by atoms with Crippen LogP contribution >= 0.6 is 0 Å². The molecular weight excluding hydrogens is 316 g/mol. The number of aryl methyl sites for hydroxylation is 1. The highest BCUT2D eigenvalue weighted by molar-refractivity contribution is 5.94. The van der Waals surface area contributed by atoms with E-state index in [0.717, 1.165) is 42.5 Å². The first-order valence-corrected chi connectivity index (χ1v) is 8.98. The molecular formula is C19H28N4O2. The Morgan fingerprint density at radius 3 is 2.96 bits per heavy atom. The molecule has 3 rings (SSSR count). The highest BCUT2D eigenvalue weighted by atomic mass is 16.5. The van der Waals surface area contributed by atoms with Gasteiger partial charge in [-0.2, -0.15) is 0 Å². The number of aliphatic imine (C=N–C) groups is 1. The van der Waals surface area contributed by atoms with Crippen molar-refractivity contribution >= 4 is 17.6 Å². The molecule has 0 aliphatic carbocycles. The third-order valence-corrected chi connectivity index (χ3v) is 4.81. The SMILES string of the molecule is CN=C(NCCOc1ccc2c(c1)CCC(=O)N2)N1CCC(C)(C)C1. The average Bonchev–Trinajstić information content (AvgIpc) is 2.94. The fraction of sp³-hybridized carbons (Fsp3) is 0.579. The van der Waals surface area contributed by atoms with Gasteiger partial charge in [-0.05, 0) is 42.0 Å². The molecule has 2 heterocycles. The number of likely N-dealkylation sites (tertiary alicyclic amines) is 1. The molecule has 0 unspecified atom stereocenters. The summed E-state index contributed by atoms with van der Waals surface area (Å²) in [6.45, 7) is 7.94. The maximum atomic E-state index is 11.4. The van der Waals surface area contributed by atoms with Crippen molar-refractivity contribution in [1.29, 1.82) is 0 Å². The molecule has 0 radical (unpaired) electrons. The van der Waals surface area contributed by atoms with Gasteiger partial charge < -0.3 is 20.3 Å². The van der Waals surface area contributed by atoms with Crippen LogP contribution in [-0.2, 0) is 11.2 Å². The summed E-state index contributed by atoms with van der Waals surface area (Å²) in [6.07, 6.45) is 2.50. The van der Waals surface area contributed by atoms with Gasteiger partial charge in [0.15, 0.2) is 5.96 Å². The molecule has 1 fully saturated rings. The minimum atomic E-state index is 0.0850. The number of benzene rings is 1. The van der Waals surface area contributed by atoms with Crippen molar-refractivity contribution in [1.82, 2.24) is 10.2 Å². The number of nitrogens with one attached hydrogen (secondary N) is 2. The van der Waals surface area contributed by atoms with Gasteiger partial charge in [0, 0.05) is 32.2 Å². The van der Waals surface area contributed by atoms with Crippen molar-refractivity contribution in [3.8, 4) is 5.75 Å². The Labute approximate surface area is 149 Å². The van der Waals surface area contributed by atoms with Gasteiger partial charge in [-0.15, -0.1) is 0 Å². The Hall–Kier alpha value is -2.24. The number of rotatable bonds is 4. The van der Waals surface area contributed by atoms with E-state index in [9.17, 15) is 4.79 Å². The van der Waals surface area contributed by atoms with Crippen molar-refractivity contribution in [2.45, 2.75) is 33.1 Å². The maximum Gasteiger partial charge on any atom is 0.224 e. The topological polar surface area (TPSA) is 66.0 Å². The monoisotopic (exact) mass is 344 g/mol. The zero-order valence-electron chi connectivity index (χ0n) is 15.4. The second-order valence-corrected chi connectivity index (χ2v) is 7.53. The van der Waals surface area contributed by atoms with Gasteiger partial charge in [-0.1, -0.05) is 13.8 Å². The van der Waals surface area contributed by atoms with Crippen LogP contribution in [0.3, 0.4) is 0 Å². The number of guanidine groups is 1. The fourth-order valence-corrected chi connectivity index (χ4v) is 3.41. The smallest absolute Gasteiger partial charge is 0.224 e. The Morgan fingerprint density at radius 2 is 2.24 bits per heavy atom. The molecule has 0 spiro atoms. The number of fused-ring (bicyclic) bond motifs is 1. The van der Waals surface area contributed by atoms with E-state index in [-0.39, 0.29) is 5.91 Å². The zero-order valence-corrected chi connectivity index (χ0v) is 15.4. The third-order valence-electron chi connectivity index (χ3n) is 4.81. The zero-order chi connectivity index (χ0) is 17.9. The molecule has 25 heavy (non-hydrogen) atoms. The lowest BCUT2D eigenvalue weighted by molar-refractivity contribution is -0.116. The normalized spacial score (nSPS) is 19.4. The lowest BCUT2D eigenvalue weighted by Gasteiger charge is -2.23. The van der Waals surface area contributed by atoms with Crippen molar-refractivity contribution < 1.29 is 9.53 Å². The predicted molar refractivity (Wildman–Crippen MR) is 100 cm³/mol. The molecule has 0 atom stereocenters. The summed E-state index contributed by atoms with van der Waals surface area (Å²) in [5, 5.41) is 6.27. The summed E-state index contributed by atoms with van der Waals surface area (Å²) in [4.78, 5) is 18.1. The van der Waals surface area contributed by atoms with Crippen molar-refractivity contribution in [2.24, 2.45) is 10.4 Å². The molecule has 1 aromatic carbocycles. The molecule has 1 aromatic rings. The van der Waals surface area contributed by atoms with Gasteiger partial charge in [0.05, 0.1) is 6.54 Å². The van der Waals surface area contributed by atoms with Gasteiger partial charge in [-0.3, -0.25) is 9.79 Å². The molecule has 2 aliphatic rings. The highest BCUT2D eigenvalue weighted by Gasteiger charge is 2.30. The Bertz CT molecular complexity index is 669. The van der Waals surface area contributed by atoms with Gasteiger partial charge in [0.1, 0.15) is 12.4 Å². The van der Waals surface area contributed by atoms with E-state index >= 15 is 0 Å². The Morgan fingerprint density at radius 1 is 1.40 bits per heavy atom. The first-order valence-electron chi connectivity index (χ1n) is 8.98. The number of carbonyl (C=O) groups excluding carboxylic acids is 1. The van der Waals surface area contributed by atoms with Crippen LogP contribution in [0.1, 0.15) is 32.3 Å². The van der Waals surface area contributed by atoms with E-state index in [0.29, 0.717) is 25.0 Å². The fourth-order valence-electron chi connectivity index (χ4n) is 3.41. The predicted octanol–water partition coefficient (Wildman–Crippen LogP) is 2.26. The van der Waals surface area contributed by atoms with Gasteiger partial charge >= 0.3 is 0 Å². The van der Waals surface area contributed by atoms with Gasteiger partial charge in [-0.25, -0.2) is 0 Å². The molecule has 6 heteroatoms. The quantitative estimate of drug-likeness (QED) is 0.499. The third kappa shape index (κ3) is 4.44. The standard InChI is InChI=1S/C19H28N4O2/c1-19(2)8-10-23(13-19)18(20-3)21-9-11-25-15-5-6-16-14(12-15)4-7-17(24)22-16/h5-6,12H,4,7-11,13H2,1-3H3,(H,20,21)(H,22,24). The molecule has 136 valence electrons. The number of hydrogen-bond acceptors (Lipinski definition) is 3.